The summed E-state index contributed by atoms with van der Waals surface area (Å²) in [6, 6.07) is 7.41. The van der Waals surface area contributed by atoms with Gasteiger partial charge in [-0.25, -0.2) is 4.98 Å². The standard InChI is InChI=1S/C20H27N3O3S/c1-13(12-26-3)23-19(25)16-10-6-7-11-17(16)22-20(23)27-14(2)18(24)21-15-8-4-5-9-15/h6-7,10-11,13-15H,4-5,8-9,12H2,1-3H3,(H,21,24). The number of fused-ring (bicyclic) bond motifs is 1. The van der Waals surface area contributed by atoms with Crippen LogP contribution in [0.3, 0.4) is 0 Å². The molecule has 0 spiro atoms. The fraction of sp³-hybridized carbons (Fsp3) is 0.550. The lowest BCUT2D eigenvalue weighted by Gasteiger charge is -2.21. The minimum Gasteiger partial charge on any atom is -0.383 e. The molecule has 2 aromatic rings. The van der Waals surface area contributed by atoms with Gasteiger partial charge in [-0.1, -0.05) is 36.7 Å². The number of carbonyl (C=O) groups excluding carboxylic acids is 1. The largest absolute Gasteiger partial charge is 0.383 e. The lowest BCUT2D eigenvalue weighted by Crippen LogP contribution is -2.38. The van der Waals surface area contributed by atoms with Crippen molar-refractivity contribution in [1.82, 2.24) is 14.9 Å². The Hall–Kier alpha value is -1.86. The molecule has 0 saturated heterocycles. The van der Waals surface area contributed by atoms with E-state index in [9.17, 15) is 9.59 Å². The van der Waals surface area contributed by atoms with Gasteiger partial charge in [0.2, 0.25) is 5.91 Å². The molecule has 2 unspecified atom stereocenters. The third-order valence-corrected chi connectivity index (χ3v) is 6.04. The second-order valence-corrected chi connectivity index (χ2v) is 8.45. The number of nitrogens with one attached hydrogen (secondary N) is 1. The zero-order chi connectivity index (χ0) is 19.4. The van der Waals surface area contributed by atoms with Gasteiger partial charge in [0, 0.05) is 13.2 Å². The summed E-state index contributed by atoms with van der Waals surface area (Å²) in [5.74, 6) is 0.000234. The Balaban J connectivity index is 1.90. The number of amides is 1. The van der Waals surface area contributed by atoms with Crippen LogP contribution in [0.15, 0.2) is 34.2 Å². The van der Waals surface area contributed by atoms with Gasteiger partial charge in [-0.2, -0.15) is 0 Å². The van der Waals surface area contributed by atoms with E-state index in [1.807, 2.05) is 32.0 Å². The van der Waals surface area contributed by atoms with Gasteiger partial charge in [0.1, 0.15) is 0 Å². The molecule has 6 nitrogen and oxygen atoms in total. The molecule has 1 saturated carbocycles. The van der Waals surface area contributed by atoms with Crippen molar-refractivity contribution in [2.45, 2.75) is 62.0 Å². The summed E-state index contributed by atoms with van der Waals surface area (Å²) in [6.07, 6.45) is 4.44. The topological polar surface area (TPSA) is 73.2 Å². The molecule has 1 N–H and O–H groups in total. The van der Waals surface area contributed by atoms with Crippen molar-refractivity contribution in [1.29, 1.82) is 0 Å². The first-order valence-corrected chi connectivity index (χ1v) is 10.4. The smallest absolute Gasteiger partial charge is 0.262 e. The van der Waals surface area contributed by atoms with Crippen molar-refractivity contribution in [3.8, 4) is 0 Å². The highest BCUT2D eigenvalue weighted by Gasteiger charge is 2.24. The normalized spacial score (nSPS) is 17.1. The molecular weight excluding hydrogens is 362 g/mol. The Morgan fingerprint density at radius 1 is 1.33 bits per heavy atom. The van der Waals surface area contributed by atoms with E-state index in [1.165, 1.54) is 24.6 Å². The first-order valence-electron chi connectivity index (χ1n) is 9.48. The lowest BCUT2D eigenvalue weighted by molar-refractivity contribution is -0.120. The van der Waals surface area contributed by atoms with Gasteiger partial charge in [-0.3, -0.25) is 14.2 Å². The van der Waals surface area contributed by atoms with Gasteiger partial charge in [0.05, 0.1) is 28.8 Å². The first kappa shape index (κ1) is 19.9. The Morgan fingerprint density at radius 2 is 2.04 bits per heavy atom. The molecule has 1 aliphatic rings. The van der Waals surface area contributed by atoms with Crippen molar-refractivity contribution >= 4 is 28.6 Å². The molecule has 1 fully saturated rings. The van der Waals surface area contributed by atoms with Crippen LogP contribution in [0.2, 0.25) is 0 Å². The van der Waals surface area contributed by atoms with Gasteiger partial charge >= 0.3 is 0 Å². The highest BCUT2D eigenvalue weighted by Crippen LogP contribution is 2.26. The van der Waals surface area contributed by atoms with Crippen LogP contribution in [-0.4, -0.2) is 40.5 Å². The van der Waals surface area contributed by atoms with Crippen LogP contribution in [0.5, 0.6) is 0 Å². The molecule has 146 valence electrons. The van der Waals surface area contributed by atoms with E-state index >= 15 is 0 Å². The fourth-order valence-electron chi connectivity index (χ4n) is 3.51. The summed E-state index contributed by atoms with van der Waals surface area (Å²) >= 11 is 1.33. The van der Waals surface area contributed by atoms with E-state index in [0.717, 1.165) is 12.8 Å². The molecule has 0 radical (unpaired) electrons. The Labute approximate surface area is 163 Å². The van der Waals surface area contributed by atoms with Gasteiger partial charge < -0.3 is 10.1 Å². The number of thioether (sulfide) groups is 1. The minimum absolute atomic E-state index is 0.000234. The zero-order valence-electron chi connectivity index (χ0n) is 16.1. The van der Waals surface area contributed by atoms with Crippen LogP contribution < -0.4 is 10.9 Å². The maximum absolute atomic E-state index is 13.0. The molecule has 0 bridgehead atoms. The number of aromatic nitrogens is 2. The summed E-state index contributed by atoms with van der Waals surface area (Å²) in [5.41, 5.74) is 0.547. The molecule has 1 aromatic heterocycles. The molecule has 7 heteroatoms. The zero-order valence-corrected chi connectivity index (χ0v) is 16.9. The Bertz CT molecular complexity index is 861. The average Bonchev–Trinajstić information content (AvgIpc) is 3.15. The van der Waals surface area contributed by atoms with E-state index in [2.05, 4.69) is 10.3 Å². The molecule has 0 aliphatic heterocycles. The van der Waals surface area contributed by atoms with Gasteiger partial charge in [-0.05, 0) is 38.8 Å². The van der Waals surface area contributed by atoms with E-state index in [-0.39, 0.29) is 28.8 Å². The number of carbonyl (C=O) groups is 1. The van der Waals surface area contributed by atoms with Crippen LogP contribution in [0.1, 0.15) is 45.6 Å². The third-order valence-electron chi connectivity index (χ3n) is 4.98. The number of ether oxygens (including phenoxy) is 1. The molecule has 1 aliphatic carbocycles. The summed E-state index contributed by atoms with van der Waals surface area (Å²) < 4.78 is 6.89. The molecule has 2 atom stereocenters. The maximum Gasteiger partial charge on any atom is 0.262 e. The van der Waals surface area contributed by atoms with E-state index < -0.39 is 0 Å². The van der Waals surface area contributed by atoms with Crippen molar-refractivity contribution < 1.29 is 9.53 Å². The predicted molar refractivity (Wildman–Crippen MR) is 108 cm³/mol. The SMILES string of the molecule is COCC(C)n1c(SC(C)C(=O)NC2CCCC2)nc2ccccc2c1=O. The predicted octanol–water partition coefficient (Wildman–Crippen LogP) is 3.14. The lowest BCUT2D eigenvalue weighted by atomic mass is 10.2. The molecule has 1 amide bonds. The van der Waals surface area contributed by atoms with Crippen LogP contribution >= 0.6 is 11.8 Å². The van der Waals surface area contributed by atoms with Crippen LogP contribution in [0, 0.1) is 0 Å². The van der Waals surface area contributed by atoms with Crippen molar-refractivity contribution in [2.75, 3.05) is 13.7 Å². The monoisotopic (exact) mass is 389 g/mol. The van der Waals surface area contributed by atoms with Gasteiger partial charge in [0.15, 0.2) is 5.16 Å². The van der Waals surface area contributed by atoms with Crippen molar-refractivity contribution in [2.24, 2.45) is 0 Å². The highest BCUT2D eigenvalue weighted by atomic mass is 32.2. The van der Waals surface area contributed by atoms with Gasteiger partial charge in [0.25, 0.3) is 5.56 Å². The number of para-hydroxylation sites is 1. The maximum atomic E-state index is 13.0. The van der Waals surface area contributed by atoms with E-state index in [0.29, 0.717) is 22.7 Å². The number of rotatable bonds is 7. The second kappa shape index (κ2) is 8.89. The van der Waals surface area contributed by atoms with Crippen LogP contribution in [0.25, 0.3) is 10.9 Å². The molecule has 1 aromatic carbocycles. The molecule has 3 rings (SSSR count). The number of hydrogen-bond acceptors (Lipinski definition) is 5. The number of benzene rings is 1. The van der Waals surface area contributed by atoms with Crippen LogP contribution in [-0.2, 0) is 9.53 Å². The number of methoxy groups -OCH3 is 1. The number of nitrogens with zero attached hydrogens (tertiary/aromatic N) is 2. The second-order valence-electron chi connectivity index (χ2n) is 7.14. The third kappa shape index (κ3) is 4.52. The summed E-state index contributed by atoms with van der Waals surface area (Å²) in [6.45, 7) is 4.19. The minimum atomic E-state index is -0.334. The van der Waals surface area contributed by atoms with Crippen molar-refractivity contribution in [3.63, 3.8) is 0 Å². The van der Waals surface area contributed by atoms with Crippen molar-refractivity contribution in [3.05, 3.63) is 34.6 Å². The molecule has 1 heterocycles. The molecular formula is C20H27N3O3S. The quantitative estimate of drug-likeness (QED) is 0.582. The Morgan fingerprint density at radius 3 is 2.74 bits per heavy atom. The van der Waals surface area contributed by atoms with E-state index in [1.54, 1.807) is 17.7 Å². The first-order chi connectivity index (χ1) is 13.0. The summed E-state index contributed by atoms with van der Waals surface area (Å²) in [7, 11) is 1.61. The summed E-state index contributed by atoms with van der Waals surface area (Å²) in [4.78, 5) is 30.3. The van der Waals surface area contributed by atoms with Gasteiger partial charge in [-0.15, -0.1) is 0 Å². The average molecular weight is 390 g/mol. The number of hydrogen-bond donors (Lipinski definition) is 1. The van der Waals surface area contributed by atoms with Crippen LogP contribution in [0.4, 0.5) is 0 Å². The Kier molecular flexibility index (Phi) is 6.55. The highest BCUT2D eigenvalue weighted by molar-refractivity contribution is 8.00. The fourth-order valence-corrected chi connectivity index (χ4v) is 4.53. The summed E-state index contributed by atoms with van der Waals surface area (Å²) in [5, 5.41) is 3.92. The van der Waals surface area contributed by atoms with E-state index in [4.69, 9.17) is 4.74 Å². The molecule has 27 heavy (non-hydrogen) atoms.